The van der Waals surface area contributed by atoms with Gasteiger partial charge >= 0.3 is 11.9 Å². The number of rotatable bonds is 2. The van der Waals surface area contributed by atoms with E-state index in [1.54, 1.807) is 0 Å². The van der Waals surface area contributed by atoms with Crippen molar-refractivity contribution >= 4 is 23.0 Å². The van der Waals surface area contributed by atoms with Gasteiger partial charge in [0.05, 0.1) is 5.56 Å². The number of aromatic nitrogens is 2. The molecule has 0 spiro atoms. The average Bonchev–Trinajstić information content (AvgIpc) is 2.59. The lowest BCUT2D eigenvalue weighted by atomic mass is 10.2. The zero-order valence-corrected chi connectivity index (χ0v) is 7.39. The van der Waals surface area contributed by atoms with Crippen LogP contribution in [0.2, 0.25) is 0 Å². The van der Waals surface area contributed by atoms with Crippen LogP contribution in [0.25, 0.3) is 11.0 Å². The van der Waals surface area contributed by atoms with Crippen molar-refractivity contribution in [2.75, 3.05) is 0 Å². The molecule has 2 aromatic heterocycles. The van der Waals surface area contributed by atoms with E-state index in [2.05, 4.69) is 9.97 Å². The molecule has 6 nitrogen and oxygen atoms in total. The number of carboxylic acid groups (broad SMARTS) is 2. The molecule has 3 N–H and O–H groups in total. The van der Waals surface area contributed by atoms with Gasteiger partial charge in [0.25, 0.3) is 0 Å². The van der Waals surface area contributed by atoms with Crippen molar-refractivity contribution in [3.05, 3.63) is 29.6 Å². The maximum atomic E-state index is 10.7. The first kappa shape index (κ1) is 9.20. The maximum absolute atomic E-state index is 10.7. The van der Waals surface area contributed by atoms with E-state index >= 15 is 0 Å². The molecule has 6 heteroatoms. The summed E-state index contributed by atoms with van der Waals surface area (Å²) < 4.78 is 0. The molecule has 0 aromatic carbocycles. The number of hydrogen-bond acceptors (Lipinski definition) is 3. The molecule has 2 aromatic rings. The number of H-pyrrole nitrogens is 1. The highest BCUT2D eigenvalue weighted by atomic mass is 16.4. The van der Waals surface area contributed by atoms with Crippen LogP contribution in [0.3, 0.4) is 0 Å². The molecular formula is C9H6N2O4. The fourth-order valence-corrected chi connectivity index (χ4v) is 1.30. The van der Waals surface area contributed by atoms with Gasteiger partial charge in [-0.15, -0.1) is 0 Å². The standard InChI is InChI=1S/C9H6N2O4/c12-8(13)5-3-10-7-4(5)1-2-6(11-7)9(14)15/h1-3H,(H,10,11)(H,12,13)(H,14,15). The van der Waals surface area contributed by atoms with Crippen LogP contribution in [-0.4, -0.2) is 32.1 Å². The summed E-state index contributed by atoms with van der Waals surface area (Å²) >= 11 is 0. The third kappa shape index (κ3) is 1.41. The molecule has 0 saturated heterocycles. The molecule has 0 atom stereocenters. The molecule has 0 aliphatic rings. The van der Waals surface area contributed by atoms with Crippen LogP contribution in [0.15, 0.2) is 18.3 Å². The molecule has 0 amide bonds. The molecule has 2 rings (SSSR count). The SMILES string of the molecule is O=C(O)c1ccc2c(C(=O)O)c[nH]c2n1. The number of nitrogens with zero attached hydrogens (tertiary/aromatic N) is 1. The maximum Gasteiger partial charge on any atom is 0.354 e. The van der Waals surface area contributed by atoms with Crippen LogP contribution in [0.5, 0.6) is 0 Å². The van der Waals surface area contributed by atoms with Gasteiger partial charge in [-0.25, -0.2) is 14.6 Å². The second-order valence-electron chi connectivity index (χ2n) is 2.91. The van der Waals surface area contributed by atoms with Gasteiger partial charge in [-0.05, 0) is 12.1 Å². The zero-order chi connectivity index (χ0) is 11.0. The number of nitrogens with one attached hydrogen (secondary N) is 1. The van der Waals surface area contributed by atoms with E-state index in [1.807, 2.05) is 0 Å². The second kappa shape index (κ2) is 3.09. The summed E-state index contributed by atoms with van der Waals surface area (Å²) in [4.78, 5) is 27.7. The zero-order valence-electron chi connectivity index (χ0n) is 7.39. The van der Waals surface area contributed by atoms with E-state index in [-0.39, 0.29) is 16.9 Å². The Labute approximate surface area is 83.2 Å². The van der Waals surface area contributed by atoms with E-state index < -0.39 is 11.9 Å². The first-order valence-corrected chi connectivity index (χ1v) is 4.04. The van der Waals surface area contributed by atoms with Crippen molar-refractivity contribution in [3.63, 3.8) is 0 Å². The number of carboxylic acids is 2. The molecule has 2 heterocycles. The molecule has 15 heavy (non-hydrogen) atoms. The highest BCUT2D eigenvalue weighted by molar-refractivity contribution is 6.02. The van der Waals surface area contributed by atoms with Crippen LogP contribution in [-0.2, 0) is 0 Å². The smallest absolute Gasteiger partial charge is 0.354 e. The Bertz CT molecular complexity index is 558. The number of carbonyl (C=O) groups is 2. The molecule has 76 valence electrons. The van der Waals surface area contributed by atoms with Crippen molar-refractivity contribution in [2.45, 2.75) is 0 Å². The second-order valence-corrected chi connectivity index (χ2v) is 2.91. The molecule has 0 unspecified atom stereocenters. The summed E-state index contributed by atoms with van der Waals surface area (Å²) in [7, 11) is 0. The first-order valence-electron chi connectivity index (χ1n) is 4.04. The van der Waals surface area contributed by atoms with Crippen molar-refractivity contribution in [2.24, 2.45) is 0 Å². The summed E-state index contributed by atoms with van der Waals surface area (Å²) in [6.45, 7) is 0. The van der Waals surface area contributed by atoms with Gasteiger partial charge < -0.3 is 15.2 Å². The van der Waals surface area contributed by atoms with Crippen molar-refractivity contribution in [1.29, 1.82) is 0 Å². The number of aromatic amines is 1. The minimum atomic E-state index is -1.15. The number of aromatic carboxylic acids is 2. The number of pyridine rings is 1. The van der Waals surface area contributed by atoms with Gasteiger partial charge in [-0.2, -0.15) is 0 Å². The largest absolute Gasteiger partial charge is 0.478 e. The quantitative estimate of drug-likeness (QED) is 0.678. The fraction of sp³-hybridized carbons (Fsp3) is 0. The molecule has 0 aliphatic heterocycles. The molecule has 0 fully saturated rings. The predicted molar refractivity (Wildman–Crippen MR) is 50.0 cm³/mol. The molecule has 0 radical (unpaired) electrons. The Morgan fingerprint density at radius 1 is 1.20 bits per heavy atom. The Morgan fingerprint density at radius 3 is 2.53 bits per heavy atom. The minimum Gasteiger partial charge on any atom is -0.478 e. The lowest BCUT2D eigenvalue weighted by Crippen LogP contribution is -2.00. The highest BCUT2D eigenvalue weighted by Gasteiger charge is 2.13. The van der Waals surface area contributed by atoms with Crippen molar-refractivity contribution < 1.29 is 19.8 Å². The highest BCUT2D eigenvalue weighted by Crippen LogP contribution is 2.16. The van der Waals surface area contributed by atoms with E-state index in [4.69, 9.17) is 10.2 Å². The topological polar surface area (TPSA) is 103 Å². The molecule has 0 bridgehead atoms. The van der Waals surface area contributed by atoms with Gasteiger partial charge in [0.1, 0.15) is 5.65 Å². The van der Waals surface area contributed by atoms with Crippen LogP contribution < -0.4 is 0 Å². The Hall–Kier alpha value is -2.37. The Morgan fingerprint density at radius 2 is 1.93 bits per heavy atom. The van der Waals surface area contributed by atoms with Crippen LogP contribution in [0.4, 0.5) is 0 Å². The lowest BCUT2D eigenvalue weighted by molar-refractivity contribution is 0.0684. The van der Waals surface area contributed by atoms with E-state index in [0.717, 1.165) is 0 Å². The summed E-state index contributed by atoms with van der Waals surface area (Å²) in [6.07, 6.45) is 1.28. The van der Waals surface area contributed by atoms with Gasteiger partial charge in [0, 0.05) is 11.6 Å². The van der Waals surface area contributed by atoms with Gasteiger partial charge in [-0.1, -0.05) is 0 Å². The first-order chi connectivity index (χ1) is 7.09. The Balaban J connectivity index is 2.66. The summed E-state index contributed by atoms with van der Waals surface area (Å²) in [6, 6.07) is 2.69. The van der Waals surface area contributed by atoms with Crippen molar-refractivity contribution in [3.8, 4) is 0 Å². The van der Waals surface area contributed by atoms with Crippen LogP contribution in [0.1, 0.15) is 20.8 Å². The van der Waals surface area contributed by atoms with Gasteiger partial charge in [0.2, 0.25) is 0 Å². The summed E-state index contributed by atoms with van der Waals surface area (Å²) in [5, 5.41) is 17.8. The van der Waals surface area contributed by atoms with Gasteiger partial charge in [-0.3, -0.25) is 0 Å². The predicted octanol–water partition coefficient (Wildman–Crippen LogP) is 0.959. The van der Waals surface area contributed by atoms with Crippen LogP contribution in [0, 0.1) is 0 Å². The minimum absolute atomic E-state index is 0.0782. The Kier molecular flexibility index (Phi) is 1.89. The normalized spacial score (nSPS) is 10.4. The fourth-order valence-electron chi connectivity index (χ4n) is 1.30. The van der Waals surface area contributed by atoms with Crippen molar-refractivity contribution in [1.82, 2.24) is 9.97 Å². The molecular weight excluding hydrogens is 200 g/mol. The third-order valence-electron chi connectivity index (χ3n) is 1.99. The average molecular weight is 206 g/mol. The summed E-state index contributed by atoms with van der Waals surface area (Å²) in [5.41, 5.74) is 0.211. The third-order valence-corrected chi connectivity index (χ3v) is 1.99. The number of hydrogen-bond donors (Lipinski definition) is 3. The monoisotopic (exact) mass is 206 g/mol. The molecule has 0 saturated carbocycles. The summed E-state index contributed by atoms with van der Waals surface area (Å²) in [5.74, 6) is -2.23. The number of fused-ring (bicyclic) bond motifs is 1. The van der Waals surface area contributed by atoms with E-state index in [1.165, 1.54) is 18.3 Å². The lowest BCUT2D eigenvalue weighted by Gasteiger charge is -1.94. The van der Waals surface area contributed by atoms with E-state index in [0.29, 0.717) is 5.39 Å². The van der Waals surface area contributed by atoms with Gasteiger partial charge in [0.15, 0.2) is 5.69 Å². The molecule has 0 aliphatic carbocycles. The van der Waals surface area contributed by atoms with E-state index in [9.17, 15) is 9.59 Å². The van der Waals surface area contributed by atoms with Crippen LogP contribution >= 0.6 is 0 Å².